The molecule has 0 radical (unpaired) electrons. The van der Waals surface area contributed by atoms with Gasteiger partial charge in [0, 0.05) is 43.8 Å². The fraction of sp³-hybridized carbons (Fsp3) is 0.867. The lowest BCUT2D eigenvalue weighted by Gasteiger charge is -2.65. The van der Waals surface area contributed by atoms with Crippen molar-refractivity contribution in [1.29, 1.82) is 0 Å². The summed E-state index contributed by atoms with van der Waals surface area (Å²) in [5, 5.41) is 46.1. The summed E-state index contributed by atoms with van der Waals surface area (Å²) in [6.45, 7) is 3.91. The van der Waals surface area contributed by atoms with Crippen molar-refractivity contribution in [2.45, 2.75) is 120 Å². The molecule has 0 aromatic rings. The maximum Gasteiger partial charge on any atom is 0.331 e. The smallest absolute Gasteiger partial charge is 0.331 e. The average molecular weight is 565 g/mol. The molecule has 224 valence electrons. The molecule has 4 aliphatic carbocycles. The van der Waals surface area contributed by atoms with Crippen molar-refractivity contribution in [3.63, 3.8) is 0 Å². The molecule has 5 fully saturated rings. The zero-order valence-electron chi connectivity index (χ0n) is 23.7. The third kappa shape index (κ3) is 3.93. The molecule has 1 saturated heterocycles. The summed E-state index contributed by atoms with van der Waals surface area (Å²) in [7, 11) is 1.55. The molecule has 10 nitrogen and oxygen atoms in total. The van der Waals surface area contributed by atoms with Gasteiger partial charge in [0.15, 0.2) is 6.29 Å². The molecule has 6 aliphatic rings. The second kappa shape index (κ2) is 9.82. The molecule has 0 aromatic heterocycles. The van der Waals surface area contributed by atoms with Crippen molar-refractivity contribution in [2.24, 2.45) is 28.6 Å². The number of hydrogen-bond donors (Lipinski definition) is 4. The Hall–Kier alpha value is -1.40. The topological polar surface area (TPSA) is 152 Å². The molecule has 2 aliphatic heterocycles. The number of cyclic esters (lactones) is 1. The Bertz CT molecular complexity index is 1060. The van der Waals surface area contributed by atoms with E-state index >= 15 is 0 Å². The Balaban J connectivity index is 1.23. The van der Waals surface area contributed by atoms with Gasteiger partial charge in [0.2, 0.25) is 0 Å². The van der Waals surface area contributed by atoms with Crippen LogP contribution < -0.4 is 0 Å². The standard InChI is InChI=1S/C30H44O10/c1-16-26(34)22(37-3)11-24(39-16)40-18-4-8-28(15-31)19-5-7-27(2)25(17-10-23(33)38-14-17)21(32)13-30(27,36)20(19)6-9-29(28,35)12-18/h10,15-16,18-22,24-26,32,34-36H,4-9,11-14H2,1-3H3/t16?,18-,19-,20+,21-,22?,24?,25-,26?,27+,28-,29-,30-/m0/s1. The zero-order chi connectivity index (χ0) is 28.7. The number of aldehydes is 1. The number of hydrogen-bond acceptors (Lipinski definition) is 10. The van der Waals surface area contributed by atoms with Gasteiger partial charge in [-0.15, -0.1) is 0 Å². The van der Waals surface area contributed by atoms with Gasteiger partial charge < -0.3 is 44.2 Å². The van der Waals surface area contributed by atoms with E-state index in [0.29, 0.717) is 44.9 Å². The van der Waals surface area contributed by atoms with E-state index in [1.165, 1.54) is 6.08 Å². The minimum Gasteiger partial charge on any atom is -0.458 e. The van der Waals surface area contributed by atoms with Crippen LogP contribution >= 0.6 is 0 Å². The average Bonchev–Trinajstić information content (AvgIpc) is 3.41. The summed E-state index contributed by atoms with van der Waals surface area (Å²) in [5.74, 6) is -1.31. The van der Waals surface area contributed by atoms with Crippen molar-refractivity contribution < 1.29 is 49.0 Å². The number of rotatable bonds is 5. The largest absolute Gasteiger partial charge is 0.458 e. The highest BCUT2D eigenvalue weighted by Gasteiger charge is 2.73. The first-order valence-corrected chi connectivity index (χ1v) is 14.9. The molecule has 6 rings (SSSR count). The number of esters is 1. The maximum atomic E-state index is 13.0. The van der Waals surface area contributed by atoms with E-state index in [1.807, 2.05) is 6.92 Å². The molecule has 4 N–H and O–H groups in total. The van der Waals surface area contributed by atoms with E-state index in [4.69, 9.17) is 18.9 Å². The lowest BCUT2D eigenvalue weighted by atomic mass is 9.41. The normalized spacial score (nSPS) is 54.1. The number of methoxy groups -OCH3 is 1. The Morgan fingerprint density at radius 1 is 1.07 bits per heavy atom. The Morgan fingerprint density at radius 3 is 2.50 bits per heavy atom. The van der Waals surface area contributed by atoms with Crippen LogP contribution in [0.15, 0.2) is 11.6 Å². The lowest BCUT2D eigenvalue weighted by molar-refractivity contribution is -0.287. The molecule has 13 atom stereocenters. The Morgan fingerprint density at radius 2 is 1.82 bits per heavy atom. The van der Waals surface area contributed by atoms with Crippen molar-refractivity contribution in [2.75, 3.05) is 13.7 Å². The van der Waals surface area contributed by atoms with Gasteiger partial charge in [-0.2, -0.15) is 0 Å². The molecule has 0 bridgehead atoms. The summed E-state index contributed by atoms with van der Waals surface area (Å²) >= 11 is 0. The molecule has 40 heavy (non-hydrogen) atoms. The van der Waals surface area contributed by atoms with E-state index < -0.39 is 64.6 Å². The van der Waals surface area contributed by atoms with Crippen LogP contribution in [-0.4, -0.2) is 94.4 Å². The molecule has 0 aromatic carbocycles. The van der Waals surface area contributed by atoms with Gasteiger partial charge in [-0.3, -0.25) is 0 Å². The second-order valence-corrected chi connectivity index (χ2v) is 13.7. The fourth-order valence-corrected chi connectivity index (χ4v) is 10.1. The van der Waals surface area contributed by atoms with Crippen LogP contribution in [0.3, 0.4) is 0 Å². The Labute approximate surface area is 235 Å². The molecule has 0 amide bonds. The van der Waals surface area contributed by atoms with E-state index in [0.717, 1.165) is 11.9 Å². The third-order valence-electron chi connectivity index (χ3n) is 12.1. The van der Waals surface area contributed by atoms with Crippen LogP contribution in [0.25, 0.3) is 0 Å². The van der Waals surface area contributed by atoms with E-state index in [-0.39, 0.29) is 37.4 Å². The highest BCUT2D eigenvalue weighted by Crippen LogP contribution is 2.70. The highest BCUT2D eigenvalue weighted by molar-refractivity contribution is 5.85. The van der Waals surface area contributed by atoms with Gasteiger partial charge in [0.1, 0.15) is 19.0 Å². The summed E-state index contributed by atoms with van der Waals surface area (Å²) in [6.07, 6.45) is 2.99. The van der Waals surface area contributed by atoms with Crippen molar-refractivity contribution in [3.05, 3.63) is 11.6 Å². The number of aliphatic hydroxyl groups excluding tert-OH is 2. The van der Waals surface area contributed by atoms with Gasteiger partial charge >= 0.3 is 5.97 Å². The number of fused-ring (bicyclic) bond motifs is 5. The van der Waals surface area contributed by atoms with Crippen molar-refractivity contribution in [1.82, 2.24) is 0 Å². The molecule has 2 heterocycles. The first-order chi connectivity index (χ1) is 18.9. The van der Waals surface area contributed by atoms with E-state index in [2.05, 4.69) is 0 Å². The van der Waals surface area contributed by atoms with Crippen LogP contribution in [0.2, 0.25) is 0 Å². The summed E-state index contributed by atoms with van der Waals surface area (Å²) in [6, 6.07) is 0. The van der Waals surface area contributed by atoms with Crippen LogP contribution in [-0.2, 0) is 28.5 Å². The minimum absolute atomic E-state index is 0.132. The number of ether oxygens (including phenoxy) is 4. The molecule has 0 spiro atoms. The van der Waals surface area contributed by atoms with Crippen LogP contribution in [0.1, 0.15) is 71.6 Å². The van der Waals surface area contributed by atoms with Crippen molar-refractivity contribution >= 4 is 12.3 Å². The first-order valence-electron chi connectivity index (χ1n) is 14.9. The Kier molecular flexibility index (Phi) is 7.05. The molecule has 4 unspecified atom stereocenters. The molecular weight excluding hydrogens is 520 g/mol. The zero-order valence-corrected chi connectivity index (χ0v) is 23.7. The number of aliphatic hydroxyl groups is 4. The maximum absolute atomic E-state index is 13.0. The highest BCUT2D eigenvalue weighted by atomic mass is 16.7. The van der Waals surface area contributed by atoms with Crippen LogP contribution in [0.4, 0.5) is 0 Å². The van der Waals surface area contributed by atoms with Crippen molar-refractivity contribution in [3.8, 4) is 0 Å². The van der Waals surface area contributed by atoms with Gasteiger partial charge in [0.25, 0.3) is 0 Å². The number of carbonyl (C=O) groups is 2. The van der Waals surface area contributed by atoms with Gasteiger partial charge in [-0.25, -0.2) is 4.79 Å². The van der Waals surface area contributed by atoms with Gasteiger partial charge in [0.05, 0.1) is 41.0 Å². The van der Waals surface area contributed by atoms with Crippen LogP contribution in [0, 0.1) is 28.6 Å². The fourth-order valence-electron chi connectivity index (χ4n) is 10.1. The van der Waals surface area contributed by atoms with Crippen LogP contribution in [0.5, 0.6) is 0 Å². The van der Waals surface area contributed by atoms with Gasteiger partial charge in [-0.1, -0.05) is 6.92 Å². The predicted molar refractivity (Wildman–Crippen MR) is 140 cm³/mol. The van der Waals surface area contributed by atoms with E-state index in [1.54, 1.807) is 14.0 Å². The summed E-state index contributed by atoms with van der Waals surface area (Å²) in [5.41, 5.74) is -3.49. The quantitative estimate of drug-likeness (QED) is 0.219. The molecular formula is C30H44O10. The summed E-state index contributed by atoms with van der Waals surface area (Å²) in [4.78, 5) is 24.9. The SMILES string of the molecule is COC1CC(O[C@H]2CC[C@]3(C=O)[C@H]4CC[C@]5(C)[C@@H](C6=CC(=O)OC6)[C@@H](O)C[C@]5(O)[C@@H]4CC[C@]3(O)C2)OC(C)C1O. The summed E-state index contributed by atoms with van der Waals surface area (Å²) < 4.78 is 22.8. The first kappa shape index (κ1) is 28.7. The monoisotopic (exact) mass is 564 g/mol. The van der Waals surface area contributed by atoms with E-state index in [9.17, 15) is 30.0 Å². The molecule has 4 saturated carbocycles. The number of carbonyl (C=O) groups excluding carboxylic acids is 2. The molecule has 10 heteroatoms. The van der Waals surface area contributed by atoms with Gasteiger partial charge in [-0.05, 0) is 62.9 Å². The lowest BCUT2D eigenvalue weighted by Crippen LogP contribution is -2.69. The third-order valence-corrected chi connectivity index (χ3v) is 12.1. The minimum atomic E-state index is -1.28. The second-order valence-electron chi connectivity index (χ2n) is 13.7. The predicted octanol–water partition coefficient (Wildman–Crippen LogP) is 1.40.